The van der Waals surface area contributed by atoms with Crippen LogP contribution in [0, 0.1) is 11.6 Å². The van der Waals surface area contributed by atoms with Crippen LogP contribution in [-0.2, 0) is 6.54 Å². The zero-order valence-electron chi connectivity index (χ0n) is 8.99. The van der Waals surface area contributed by atoms with Crippen molar-refractivity contribution in [3.63, 3.8) is 0 Å². The molecule has 0 radical (unpaired) electrons. The van der Waals surface area contributed by atoms with Crippen LogP contribution >= 0.6 is 0 Å². The van der Waals surface area contributed by atoms with Gasteiger partial charge >= 0.3 is 0 Å². The van der Waals surface area contributed by atoms with E-state index in [4.69, 9.17) is 10.5 Å². The quantitative estimate of drug-likeness (QED) is 0.886. The minimum Gasteiger partial charge on any atom is -0.454 e. The molecule has 0 aliphatic carbocycles. The molecule has 17 heavy (non-hydrogen) atoms. The van der Waals surface area contributed by atoms with Crippen molar-refractivity contribution in [2.75, 3.05) is 0 Å². The van der Waals surface area contributed by atoms with Gasteiger partial charge in [0.25, 0.3) is 0 Å². The summed E-state index contributed by atoms with van der Waals surface area (Å²) >= 11 is 0. The first-order valence-corrected chi connectivity index (χ1v) is 5.12. The summed E-state index contributed by atoms with van der Waals surface area (Å²) in [4.78, 5) is 0. The number of hydrogen-bond donors (Lipinski definition) is 1. The minimum atomic E-state index is -1.00. The van der Waals surface area contributed by atoms with E-state index >= 15 is 0 Å². The molecule has 88 valence electrons. The normalized spacial score (nSPS) is 10.3. The van der Waals surface area contributed by atoms with Crippen LogP contribution in [-0.4, -0.2) is 0 Å². The van der Waals surface area contributed by atoms with Crippen LogP contribution in [0.15, 0.2) is 42.5 Å². The molecule has 0 bridgehead atoms. The Kier molecular flexibility index (Phi) is 3.35. The van der Waals surface area contributed by atoms with Crippen molar-refractivity contribution in [3.05, 3.63) is 59.7 Å². The maximum Gasteiger partial charge on any atom is 0.201 e. The third-order valence-corrected chi connectivity index (χ3v) is 2.33. The Bertz CT molecular complexity index is 529. The molecule has 0 amide bonds. The molecule has 0 atom stereocenters. The number of para-hydroxylation sites is 1. The highest BCUT2D eigenvalue weighted by atomic mass is 19.2. The van der Waals surface area contributed by atoms with Gasteiger partial charge in [0, 0.05) is 12.1 Å². The Balaban J connectivity index is 2.35. The molecule has 0 saturated heterocycles. The zero-order valence-corrected chi connectivity index (χ0v) is 8.99. The highest BCUT2D eigenvalue weighted by Gasteiger charge is 2.10. The summed E-state index contributed by atoms with van der Waals surface area (Å²) in [5.74, 6) is -1.66. The smallest absolute Gasteiger partial charge is 0.201 e. The highest BCUT2D eigenvalue weighted by molar-refractivity contribution is 5.38. The molecule has 2 N–H and O–H groups in total. The topological polar surface area (TPSA) is 35.2 Å². The minimum absolute atomic E-state index is 0.147. The summed E-state index contributed by atoms with van der Waals surface area (Å²) < 4.78 is 31.7. The van der Waals surface area contributed by atoms with Crippen LogP contribution in [0.1, 0.15) is 5.56 Å². The maximum absolute atomic E-state index is 13.4. The van der Waals surface area contributed by atoms with E-state index in [1.807, 2.05) is 0 Å². The SMILES string of the molecule is NCc1ccccc1Oc1cccc(F)c1F. The molecule has 0 aliphatic heterocycles. The molecular weight excluding hydrogens is 224 g/mol. The number of hydrogen-bond acceptors (Lipinski definition) is 2. The fourth-order valence-electron chi connectivity index (χ4n) is 1.45. The fraction of sp³-hybridized carbons (Fsp3) is 0.0769. The van der Waals surface area contributed by atoms with E-state index in [1.54, 1.807) is 24.3 Å². The third-order valence-electron chi connectivity index (χ3n) is 2.33. The number of rotatable bonds is 3. The molecule has 0 saturated carbocycles. The van der Waals surface area contributed by atoms with Crippen molar-refractivity contribution in [2.45, 2.75) is 6.54 Å². The van der Waals surface area contributed by atoms with Gasteiger partial charge in [0.05, 0.1) is 0 Å². The molecular formula is C13H11F2NO. The van der Waals surface area contributed by atoms with Gasteiger partial charge in [-0.2, -0.15) is 4.39 Å². The van der Waals surface area contributed by atoms with E-state index < -0.39 is 11.6 Å². The van der Waals surface area contributed by atoms with Gasteiger partial charge in [0.15, 0.2) is 11.6 Å². The first-order chi connectivity index (χ1) is 8.22. The monoisotopic (exact) mass is 235 g/mol. The van der Waals surface area contributed by atoms with Crippen LogP contribution in [0.25, 0.3) is 0 Å². The van der Waals surface area contributed by atoms with Crippen molar-refractivity contribution in [2.24, 2.45) is 5.73 Å². The molecule has 0 aliphatic rings. The van der Waals surface area contributed by atoms with Crippen LogP contribution in [0.2, 0.25) is 0 Å². The van der Waals surface area contributed by atoms with Crippen LogP contribution in [0.5, 0.6) is 11.5 Å². The van der Waals surface area contributed by atoms with Gasteiger partial charge in [0.1, 0.15) is 5.75 Å². The summed E-state index contributed by atoms with van der Waals surface area (Å²) in [7, 11) is 0. The van der Waals surface area contributed by atoms with Crippen LogP contribution < -0.4 is 10.5 Å². The van der Waals surface area contributed by atoms with Crippen molar-refractivity contribution >= 4 is 0 Å². The van der Waals surface area contributed by atoms with E-state index in [0.29, 0.717) is 5.75 Å². The van der Waals surface area contributed by atoms with Crippen molar-refractivity contribution in [3.8, 4) is 11.5 Å². The van der Waals surface area contributed by atoms with Crippen molar-refractivity contribution in [1.82, 2.24) is 0 Å². The molecule has 2 rings (SSSR count). The van der Waals surface area contributed by atoms with Gasteiger partial charge in [0.2, 0.25) is 5.82 Å². The number of halogens is 2. The molecule has 0 aromatic heterocycles. The summed E-state index contributed by atoms with van der Waals surface area (Å²) in [5, 5.41) is 0. The third kappa shape index (κ3) is 2.42. The standard InChI is InChI=1S/C13H11F2NO/c14-10-5-3-7-12(13(10)15)17-11-6-2-1-4-9(11)8-16/h1-7H,8,16H2. The van der Waals surface area contributed by atoms with E-state index in [9.17, 15) is 8.78 Å². The Morgan fingerprint density at radius 1 is 0.941 bits per heavy atom. The first kappa shape index (κ1) is 11.5. The molecule has 0 spiro atoms. The van der Waals surface area contributed by atoms with Crippen molar-refractivity contribution in [1.29, 1.82) is 0 Å². The second-order valence-electron chi connectivity index (χ2n) is 3.47. The summed E-state index contributed by atoms with van der Waals surface area (Å²) in [5.41, 5.74) is 6.26. The zero-order chi connectivity index (χ0) is 12.3. The number of nitrogens with two attached hydrogens (primary N) is 1. The molecule has 2 aromatic rings. The van der Waals surface area contributed by atoms with Crippen molar-refractivity contribution < 1.29 is 13.5 Å². The number of ether oxygens (including phenoxy) is 1. The lowest BCUT2D eigenvalue weighted by molar-refractivity contribution is 0.413. The van der Waals surface area contributed by atoms with Crippen LogP contribution in [0.4, 0.5) is 8.78 Å². The summed E-state index contributed by atoms with van der Waals surface area (Å²) in [6, 6.07) is 10.8. The average molecular weight is 235 g/mol. The lowest BCUT2D eigenvalue weighted by Crippen LogP contribution is -2.00. The Labute approximate surface area is 97.6 Å². The fourth-order valence-corrected chi connectivity index (χ4v) is 1.45. The molecule has 4 heteroatoms. The van der Waals surface area contributed by atoms with Crippen LogP contribution in [0.3, 0.4) is 0 Å². The second-order valence-corrected chi connectivity index (χ2v) is 3.47. The molecule has 2 nitrogen and oxygen atoms in total. The number of benzene rings is 2. The predicted octanol–water partition coefficient (Wildman–Crippen LogP) is 3.22. The Morgan fingerprint density at radius 2 is 1.65 bits per heavy atom. The van der Waals surface area contributed by atoms with Gasteiger partial charge in [-0.3, -0.25) is 0 Å². The molecule has 0 heterocycles. The summed E-state index contributed by atoms with van der Waals surface area (Å²) in [6.45, 7) is 0.271. The van der Waals surface area contributed by atoms with Gasteiger partial charge in [-0.15, -0.1) is 0 Å². The lowest BCUT2D eigenvalue weighted by Gasteiger charge is -2.10. The largest absolute Gasteiger partial charge is 0.454 e. The van der Waals surface area contributed by atoms with E-state index in [2.05, 4.69) is 0 Å². The van der Waals surface area contributed by atoms with E-state index in [-0.39, 0.29) is 12.3 Å². The maximum atomic E-state index is 13.4. The van der Waals surface area contributed by atoms with Gasteiger partial charge in [-0.25, -0.2) is 4.39 Å². The van der Waals surface area contributed by atoms with E-state index in [1.165, 1.54) is 12.1 Å². The van der Waals surface area contributed by atoms with Gasteiger partial charge in [-0.1, -0.05) is 24.3 Å². The summed E-state index contributed by atoms with van der Waals surface area (Å²) in [6.07, 6.45) is 0. The lowest BCUT2D eigenvalue weighted by atomic mass is 10.2. The molecule has 0 fully saturated rings. The Hall–Kier alpha value is -1.94. The molecule has 2 aromatic carbocycles. The van der Waals surface area contributed by atoms with Gasteiger partial charge in [-0.05, 0) is 18.2 Å². The first-order valence-electron chi connectivity index (χ1n) is 5.12. The van der Waals surface area contributed by atoms with E-state index in [0.717, 1.165) is 11.6 Å². The highest BCUT2D eigenvalue weighted by Crippen LogP contribution is 2.28. The average Bonchev–Trinajstić information content (AvgIpc) is 2.35. The Morgan fingerprint density at radius 3 is 2.41 bits per heavy atom. The second kappa shape index (κ2) is 4.93. The van der Waals surface area contributed by atoms with Gasteiger partial charge < -0.3 is 10.5 Å². The predicted molar refractivity (Wildman–Crippen MR) is 60.8 cm³/mol. The molecule has 0 unspecified atom stereocenters.